The van der Waals surface area contributed by atoms with Gasteiger partial charge in [0, 0.05) is 11.1 Å². The molecule has 0 aliphatic heterocycles. The number of nitrogens with zero attached hydrogens (tertiary/aromatic N) is 1. The van der Waals surface area contributed by atoms with Crippen LogP contribution in [0.15, 0.2) is 47.4 Å². The third-order valence-corrected chi connectivity index (χ3v) is 2.62. The number of rotatable bonds is 4. The van der Waals surface area contributed by atoms with Gasteiger partial charge in [0.2, 0.25) is 0 Å². The highest BCUT2D eigenvalue weighted by molar-refractivity contribution is 6.30. The number of benzene rings is 1. The Labute approximate surface area is 113 Å². The number of halogens is 1. The van der Waals surface area contributed by atoms with E-state index >= 15 is 0 Å². The molecule has 98 valence electrons. The van der Waals surface area contributed by atoms with Gasteiger partial charge in [0.1, 0.15) is 6.61 Å². The quantitative estimate of drug-likeness (QED) is 0.927. The second kappa shape index (κ2) is 5.58. The van der Waals surface area contributed by atoms with Crippen LogP contribution in [0.25, 0.3) is 0 Å². The Kier molecular flexibility index (Phi) is 3.87. The van der Waals surface area contributed by atoms with Crippen molar-refractivity contribution in [3.63, 3.8) is 0 Å². The molecule has 1 aromatic carbocycles. The average molecular weight is 280 g/mol. The van der Waals surface area contributed by atoms with E-state index in [1.807, 2.05) is 0 Å². The molecule has 1 aromatic heterocycles. The van der Waals surface area contributed by atoms with Gasteiger partial charge in [-0.2, -0.15) is 4.73 Å². The van der Waals surface area contributed by atoms with Crippen molar-refractivity contribution in [2.75, 3.05) is 0 Å². The van der Waals surface area contributed by atoms with Crippen LogP contribution in [-0.4, -0.2) is 15.8 Å². The molecule has 0 amide bonds. The van der Waals surface area contributed by atoms with E-state index in [-0.39, 0.29) is 12.2 Å². The normalized spacial score (nSPS) is 10.2. The van der Waals surface area contributed by atoms with Gasteiger partial charge in [-0.15, -0.1) is 0 Å². The van der Waals surface area contributed by atoms with E-state index in [4.69, 9.17) is 21.5 Å². The van der Waals surface area contributed by atoms with Gasteiger partial charge in [0.05, 0.1) is 11.8 Å². The minimum atomic E-state index is -1.12. The molecule has 6 heteroatoms. The summed E-state index contributed by atoms with van der Waals surface area (Å²) in [5.74, 6) is -1.12. The largest absolute Gasteiger partial charge is 0.478 e. The Hall–Kier alpha value is -2.27. The molecule has 2 rings (SSSR count). The summed E-state index contributed by atoms with van der Waals surface area (Å²) in [6.45, 7) is 0.115. The molecule has 2 aromatic rings. The lowest BCUT2D eigenvalue weighted by atomic mass is 10.2. The molecule has 1 N–H and O–H groups in total. The zero-order valence-electron chi connectivity index (χ0n) is 9.75. The van der Waals surface area contributed by atoms with Gasteiger partial charge in [-0.05, 0) is 23.8 Å². The Balaban J connectivity index is 2.17. The number of hydrogen-bond acceptors (Lipinski definition) is 3. The number of pyridine rings is 1. The lowest BCUT2D eigenvalue weighted by Gasteiger charge is -2.08. The van der Waals surface area contributed by atoms with Crippen molar-refractivity contribution in [2.24, 2.45) is 0 Å². The van der Waals surface area contributed by atoms with Crippen LogP contribution in [0.5, 0.6) is 0 Å². The zero-order valence-corrected chi connectivity index (χ0v) is 10.5. The van der Waals surface area contributed by atoms with E-state index < -0.39 is 11.5 Å². The zero-order chi connectivity index (χ0) is 13.8. The highest BCUT2D eigenvalue weighted by Crippen LogP contribution is 2.10. The molecule has 1 heterocycles. The summed E-state index contributed by atoms with van der Waals surface area (Å²) in [7, 11) is 0. The molecule has 0 atom stereocenters. The maximum Gasteiger partial charge on any atom is 0.337 e. The molecule has 0 aliphatic rings. The first kappa shape index (κ1) is 13.2. The smallest absolute Gasteiger partial charge is 0.337 e. The lowest BCUT2D eigenvalue weighted by molar-refractivity contribution is 0.0674. The van der Waals surface area contributed by atoms with Gasteiger partial charge in [0.15, 0.2) is 0 Å². The SMILES string of the molecule is O=C(O)c1ccc(=O)n(OCc2cccc(Cl)c2)c1. The van der Waals surface area contributed by atoms with Crippen LogP contribution in [0.2, 0.25) is 5.02 Å². The summed E-state index contributed by atoms with van der Waals surface area (Å²) >= 11 is 5.82. The lowest BCUT2D eigenvalue weighted by Crippen LogP contribution is -2.26. The van der Waals surface area contributed by atoms with E-state index in [1.54, 1.807) is 24.3 Å². The molecule has 0 spiro atoms. The molecular formula is C13H10ClNO4. The minimum Gasteiger partial charge on any atom is -0.478 e. The fraction of sp³-hybridized carbons (Fsp3) is 0.0769. The summed E-state index contributed by atoms with van der Waals surface area (Å²) in [6.07, 6.45) is 1.13. The average Bonchev–Trinajstić information content (AvgIpc) is 2.37. The van der Waals surface area contributed by atoms with Crippen molar-refractivity contribution in [3.8, 4) is 0 Å². The van der Waals surface area contributed by atoms with Crippen molar-refractivity contribution in [1.29, 1.82) is 0 Å². The summed E-state index contributed by atoms with van der Waals surface area (Å²) < 4.78 is 0.893. The molecule has 0 bridgehead atoms. The second-order valence-electron chi connectivity index (χ2n) is 3.79. The third-order valence-electron chi connectivity index (χ3n) is 2.39. The fourth-order valence-corrected chi connectivity index (χ4v) is 1.68. The van der Waals surface area contributed by atoms with Crippen LogP contribution in [0.4, 0.5) is 0 Å². The van der Waals surface area contributed by atoms with Crippen LogP contribution in [-0.2, 0) is 6.61 Å². The first-order valence-electron chi connectivity index (χ1n) is 5.40. The van der Waals surface area contributed by atoms with Gasteiger partial charge in [-0.1, -0.05) is 23.7 Å². The second-order valence-corrected chi connectivity index (χ2v) is 4.23. The van der Waals surface area contributed by atoms with E-state index in [0.717, 1.165) is 22.6 Å². The minimum absolute atomic E-state index is 0.0225. The Morgan fingerprint density at radius 3 is 2.79 bits per heavy atom. The van der Waals surface area contributed by atoms with Gasteiger partial charge in [-0.25, -0.2) is 4.79 Å². The van der Waals surface area contributed by atoms with Crippen LogP contribution in [0.3, 0.4) is 0 Å². The number of carbonyl (C=O) groups is 1. The fourth-order valence-electron chi connectivity index (χ4n) is 1.47. The van der Waals surface area contributed by atoms with Gasteiger partial charge >= 0.3 is 5.97 Å². The Morgan fingerprint density at radius 1 is 1.32 bits per heavy atom. The van der Waals surface area contributed by atoms with Crippen molar-refractivity contribution < 1.29 is 14.7 Å². The molecule has 0 unspecified atom stereocenters. The highest BCUT2D eigenvalue weighted by Gasteiger charge is 2.06. The highest BCUT2D eigenvalue weighted by atomic mass is 35.5. The molecule has 0 saturated heterocycles. The van der Waals surface area contributed by atoms with Crippen LogP contribution >= 0.6 is 11.6 Å². The summed E-state index contributed by atoms with van der Waals surface area (Å²) in [6, 6.07) is 9.34. The predicted octanol–water partition coefficient (Wildman–Crippen LogP) is 1.83. The van der Waals surface area contributed by atoms with E-state index in [2.05, 4.69) is 0 Å². The molecule has 19 heavy (non-hydrogen) atoms. The van der Waals surface area contributed by atoms with Gasteiger partial charge in [-0.3, -0.25) is 4.79 Å². The van der Waals surface area contributed by atoms with E-state index in [1.165, 1.54) is 6.07 Å². The van der Waals surface area contributed by atoms with Gasteiger partial charge in [0.25, 0.3) is 5.56 Å². The molecule has 0 saturated carbocycles. The summed E-state index contributed by atoms with van der Waals surface area (Å²) in [4.78, 5) is 27.5. The number of carboxylic acid groups (broad SMARTS) is 1. The topological polar surface area (TPSA) is 68.5 Å². The maximum absolute atomic E-state index is 11.5. The van der Waals surface area contributed by atoms with Crippen LogP contribution in [0, 0.1) is 0 Å². The molecule has 0 aliphatic carbocycles. The number of aromatic nitrogens is 1. The maximum atomic E-state index is 11.5. The van der Waals surface area contributed by atoms with Crippen LogP contribution < -0.4 is 10.4 Å². The van der Waals surface area contributed by atoms with E-state index in [9.17, 15) is 9.59 Å². The molecule has 5 nitrogen and oxygen atoms in total. The third kappa shape index (κ3) is 3.35. The predicted molar refractivity (Wildman–Crippen MR) is 69.4 cm³/mol. The molecule has 0 radical (unpaired) electrons. The standard InChI is InChI=1S/C13H10ClNO4/c14-11-3-1-2-9(6-11)8-19-15-7-10(13(17)18)4-5-12(15)16/h1-7H,8H2,(H,17,18). The Bertz CT molecular complexity index is 666. The van der Waals surface area contributed by atoms with Crippen molar-refractivity contribution in [1.82, 2.24) is 4.73 Å². The first-order valence-corrected chi connectivity index (χ1v) is 5.78. The van der Waals surface area contributed by atoms with Crippen LogP contribution in [0.1, 0.15) is 15.9 Å². The van der Waals surface area contributed by atoms with Crippen molar-refractivity contribution in [2.45, 2.75) is 6.61 Å². The number of aromatic carboxylic acids is 1. The molecular weight excluding hydrogens is 270 g/mol. The molecule has 0 fully saturated rings. The first-order chi connectivity index (χ1) is 9.06. The van der Waals surface area contributed by atoms with Gasteiger partial charge < -0.3 is 9.94 Å². The number of hydrogen-bond donors (Lipinski definition) is 1. The van der Waals surface area contributed by atoms with Crippen molar-refractivity contribution >= 4 is 17.6 Å². The monoisotopic (exact) mass is 279 g/mol. The summed E-state index contributed by atoms with van der Waals surface area (Å²) in [5, 5.41) is 9.40. The van der Waals surface area contributed by atoms with Crippen molar-refractivity contribution in [3.05, 3.63) is 69.1 Å². The van der Waals surface area contributed by atoms with E-state index in [0.29, 0.717) is 5.02 Å². The summed E-state index contributed by atoms with van der Waals surface area (Å²) in [5.41, 5.74) is 0.317. The number of carboxylic acids is 1. The Morgan fingerprint density at radius 2 is 2.11 bits per heavy atom.